The second kappa shape index (κ2) is 8.14. The minimum absolute atomic E-state index is 0.239. The number of rotatable bonds is 7. The van der Waals surface area contributed by atoms with Crippen LogP contribution in [0.3, 0.4) is 0 Å². The van der Waals surface area contributed by atoms with Crippen molar-refractivity contribution >= 4 is 5.91 Å². The Kier molecular flexibility index (Phi) is 5.66. The van der Waals surface area contributed by atoms with Gasteiger partial charge in [-0.2, -0.15) is 0 Å². The van der Waals surface area contributed by atoms with Gasteiger partial charge in [0.2, 0.25) is 0 Å². The second-order valence-corrected chi connectivity index (χ2v) is 6.34. The summed E-state index contributed by atoms with van der Waals surface area (Å²) < 4.78 is 7.95. The SMILES string of the molecule is CCOC(C(=O)NC(C)c1nncn1C)(c1ccccc1)c1ccccc1. The lowest BCUT2D eigenvalue weighted by Gasteiger charge is -2.34. The molecular weight excluding hydrogens is 340 g/mol. The third-order valence-corrected chi connectivity index (χ3v) is 4.52. The van der Waals surface area contributed by atoms with Crippen LogP contribution in [0.25, 0.3) is 0 Å². The molecule has 0 saturated heterocycles. The van der Waals surface area contributed by atoms with Crippen molar-refractivity contribution in [3.8, 4) is 0 Å². The molecule has 0 aliphatic carbocycles. The van der Waals surface area contributed by atoms with Crippen LogP contribution in [0.4, 0.5) is 0 Å². The summed E-state index contributed by atoms with van der Waals surface area (Å²) in [5.74, 6) is 0.437. The molecule has 3 rings (SSSR count). The van der Waals surface area contributed by atoms with Gasteiger partial charge in [0.05, 0.1) is 6.04 Å². The molecule has 3 aromatic rings. The van der Waals surface area contributed by atoms with Gasteiger partial charge in [0, 0.05) is 13.7 Å². The fourth-order valence-electron chi connectivity index (χ4n) is 3.27. The minimum atomic E-state index is -1.25. The van der Waals surface area contributed by atoms with Crippen molar-refractivity contribution in [3.05, 3.63) is 83.9 Å². The average Bonchev–Trinajstić information content (AvgIpc) is 3.13. The average molecular weight is 364 g/mol. The van der Waals surface area contributed by atoms with Gasteiger partial charge in [0.15, 0.2) is 11.4 Å². The number of aromatic nitrogens is 3. The summed E-state index contributed by atoms with van der Waals surface area (Å²) >= 11 is 0. The minimum Gasteiger partial charge on any atom is -0.356 e. The molecule has 1 atom stereocenters. The molecule has 0 fully saturated rings. The molecular formula is C21H24N4O2. The van der Waals surface area contributed by atoms with Crippen LogP contribution in [0.1, 0.15) is 36.8 Å². The predicted molar refractivity (Wildman–Crippen MR) is 103 cm³/mol. The molecule has 1 unspecified atom stereocenters. The number of amides is 1. The number of hydrogen-bond donors (Lipinski definition) is 1. The van der Waals surface area contributed by atoms with Crippen LogP contribution in [0.15, 0.2) is 67.0 Å². The number of nitrogens with zero attached hydrogens (tertiary/aromatic N) is 3. The summed E-state index contributed by atoms with van der Waals surface area (Å²) in [7, 11) is 1.85. The highest BCUT2D eigenvalue weighted by atomic mass is 16.5. The molecule has 0 spiro atoms. The fourth-order valence-corrected chi connectivity index (χ4v) is 3.27. The topological polar surface area (TPSA) is 69.0 Å². The van der Waals surface area contributed by atoms with E-state index in [1.165, 1.54) is 0 Å². The third kappa shape index (κ3) is 3.61. The zero-order chi connectivity index (χ0) is 19.3. The van der Waals surface area contributed by atoms with Crippen molar-refractivity contribution in [2.24, 2.45) is 7.05 Å². The van der Waals surface area contributed by atoms with Crippen molar-refractivity contribution < 1.29 is 9.53 Å². The highest BCUT2D eigenvalue weighted by Crippen LogP contribution is 2.34. The first-order valence-electron chi connectivity index (χ1n) is 8.99. The first-order chi connectivity index (χ1) is 13.1. The maximum atomic E-state index is 13.6. The summed E-state index contributed by atoms with van der Waals surface area (Å²) in [4.78, 5) is 13.6. The number of ether oxygens (including phenoxy) is 1. The monoisotopic (exact) mass is 364 g/mol. The first kappa shape index (κ1) is 18.8. The van der Waals surface area contributed by atoms with E-state index in [0.717, 1.165) is 11.1 Å². The maximum absolute atomic E-state index is 13.6. The lowest BCUT2D eigenvalue weighted by atomic mass is 9.84. The van der Waals surface area contributed by atoms with E-state index in [9.17, 15) is 4.79 Å². The maximum Gasteiger partial charge on any atom is 0.262 e. The van der Waals surface area contributed by atoms with Gasteiger partial charge < -0.3 is 14.6 Å². The zero-order valence-corrected chi connectivity index (χ0v) is 15.8. The Morgan fingerprint density at radius 3 is 2.11 bits per heavy atom. The molecule has 0 saturated carbocycles. The van der Waals surface area contributed by atoms with E-state index in [0.29, 0.717) is 12.4 Å². The molecule has 0 aliphatic heterocycles. The molecule has 0 bridgehead atoms. The summed E-state index contributed by atoms with van der Waals surface area (Å²) in [5.41, 5.74) is 0.311. The molecule has 6 heteroatoms. The van der Waals surface area contributed by atoms with Gasteiger partial charge in [-0.3, -0.25) is 4.79 Å². The largest absolute Gasteiger partial charge is 0.356 e. The molecule has 0 aliphatic rings. The summed E-state index contributed by atoms with van der Waals surface area (Å²) in [6.45, 7) is 4.16. The molecule has 1 N–H and O–H groups in total. The number of carbonyl (C=O) groups excluding carboxylic acids is 1. The molecule has 2 aromatic carbocycles. The van der Waals surface area contributed by atoms with Gasteiger partial charge in [-0.1, -0.05) is 60.7 Å². The Balaban J connectivity index is 2.06. The van der Waals surface area contributed by atoms with Crippen molar-refractivity contribution in [3.63, 3.8) is 0 Å². The number of benzene rings is 2. The van der Waals surface area contributed by atoms with E-state index in [1.807, 2.05) is 81.6 Å². The van der Waals surface area contributed by atoms with Gasteiger partial charge in [0.25, 0.3) is 5.91 Å². The molecule has 1 heterocycles. The lowest BCUT2D eigenvalue weighted by molar-refractivity contribution is -0.143. The number of hydrogen-bond acceptors (Lipinski definition) is 4. The van der Waals surface area contributed by atoms with E-state index in [1.54, 1.807) is 10.9 Å². The molecule has 0 radical (unpaired) electrons. The second-order valence-electron chi connectivity index (χ2n) is 6.34. The number of carbonyl (C=O) groups is 1. The Labute approximate surface area is 159 Å². The summed E-state index contributed by atoms with van der Waals surface area (Å²) in [6, 6.07) is 18.8. The van der Waals surface area contributed by atoms with Gasteiger partial charge in [0.1, 0.15) is 6.33 Å². The molecule has 1 aromatic heterocycles. The van der Waals surface area contributed by atoms with Crippen LogP contribution in [0.5, 0.6) is 0 Å². The van der Waals surface area contributed by atoms with Gasteiger partial charge in [-0.25, -0.2) is 0 Å². The molecule has 1 amide bonds. The van der Waals surface area contributed by atoms with E-state index in [-0.39, 0.29) is 11.9 Å². The Hall–Kier alpha value is -2.99. The van der Waals surface area contributed by atoms with E-state index < -0.39 is 5.60 Å². The zero-order valence-electron chi connectivity index (χ0n) is 15.8. The number of nitrogens with one attached hydrogen (secondary N) is 1. The smallest absolute Gasteiger partial charge is 0.262 e. The highest BCUT2D eigenvalue weighted by Gasteiger charge is 2.43. The van der Waals surface area contributed by atoms with Gasteiger partial charge in [-0.15, -0.1) is 10.2 Å². The van der Waals surface area contributed by atoms with Crippen LogP contribution >= 0.6 is 0 Å². The predicted octanol–water partition coefficient (Wildman–Crippen LogP) is 2.97. The molecule has 27 heavy (non-hydrogen) atoms. The van der Waals surface area contributed by atoms with E-state index >= 15 is 0 Å². The summed E-state index contributed by atoms with van der Waals surface area (Å²) in [5, 5.41) is 11.1. The van der Waals surface area contributed by atoms with Crippen LogP contribution in [0.2, 0.25) is 0 Å². The standard InChI is InChI=1S/C21H24N4O2/c1-4-27-21(17-11-7-5-8-12-17,18-13-9-6-10-14-18)20(26)23-16(2)19-24-22-15-25(19)3/h5-16H,4H2,1-3H3,(H,23,26). The quantitative estimate of drug-likeness (QED) is 0.700. The van der Waals surface area contributed by atoms with Crippen LogP contribution in [0, 0.1) is 0 Å². The van der Waals surface area contributed by atoms with Crippen molar-refractivity contribution in [1.29, 1.82) is 0 Å². The van der Waals surface area contributed by atoms with Crippen molar-refractivity contribution in [2.45, 2.75) is 25.5 Å². The Morgan fingerprint density at radius 2 is 1.67 bits per heavy atom. The lowest BCUT2D eigenvalue weighted by Crippen LogP contribution is -2.48. The van der Waals surface area contributed by atoms with E-state index in [2.05, 4.69) is 15.5 Å². The van der Waals surface area contributed by atoms with Crippen molar-refractivity contribution in [1.82, 2.24) is 20.1 Å². The Morgan fingerprint density at radius 1 is 1.11 bits per heavy atom. The molecule has 6 nitrogen and oxygen atoms in total. The highest BCUT2D eigenvalue weighted by molar-refractivity contribution is 5.90. The van der Waals surface area contributed by atoms with Gasteiger partial charge in [-0.05, 0) is 25.0 Å². The van der Waals surface area contributed by atoms with Gasteiger partial charge >= 0.3 is 0 Å². The fraction of sp³-hybridized carbons (Fsp3) is 0.286. The Bertz CT molecular complexity index is 838. The third-order valence-electron chi connectivity index (χ3n) is 4.52. The van der Waals surface area contributed by atoms with Crippen LogP contribution in [-0.2, 0) is 22.2 Å². The normalized spacial score (nSPS) is 12.6. The molecule has 140 valence electrons. The van der Waals surface area contributed by atoms with Crippen LogP contribution < -0.4 is 5.32 Å². The number of aryl methyl sites for hydroxylation is 1. The van der Waals surface area contributed by atoms with Crippen molar-refractivity contribution in [2.75, 3.05) is 6.61 Å². The van der Waals surface area contributed by atoms with E-state index in [4.69, 9.17) is 4.74 Å². The summed E-state index contributed by atoms with van der Waals surface area (Å²) in [6.07, 6.45) is 1.61. The van der Waals surface area contributed by atoms with Crippen LogP contribution in [-0.4, -0.2) is 27.3 Å². The first-order valence-corrected chi connectivity index (χ1v) is 8.99.